The predicted molar refractivity (Wildman–Crippen MR) is 227 cm³/mol. The average Bonchev–Trinajstić information content (AvgIpc) is 3.29. The lowest BCUT2D eigenvalue weighted by Crippen LogP contribution is -2.56. The first-order chi connectivity index (χ1) is 28.5. The summed E-state index contributed by atoms with van der Waals surface area (Å²) in [5.41, 5.74) is 4.01. The maximum absolute atomic E-state index is 7.30. The minimum absolute atomic E-state index is 0.180. The highest BCUT2D eigenvalue weighted by molar-refractivity contribution is 5.91. The Balaban J connectivity index is 1.06. The van der Waals surface area contributed by atoms with Crippen molar-refractivity contribution < 1.29 is 18.9 Å². The Labute approximate surface area is 340 Å². The van der Waals surface area contributed by atoms with Crippen LogP contribution in [0, 0.1) is 23.7 Å². The Morgan fingerprint density at radius 1 is 0.603 bits per heavy atom. The van der Waals surface area contributed by atoms with E-state index in [9.17, 15) is 0 Å². The van der Waals surface area contributed by atoms with Crippen LogP contribution in [-0.4, -0.2) is 82.4 Å². The molecular formula is C48H54N6O4. The second-order valence-electron chi connectivity index (χ2n) is 17.0. The second kappa shape index (κ2) is 15.6. The molecule has 0 saturated carbocycles. The zero-order valence-corrected chi connectivity index (χ0v) is 34.1. The van der Waals surface area contributed by atoms with Crippen LogP contribution >= 0.6 is 0 Å². The normalized spacial score (nSPS) is 27.4. The van der Waals surface area contributed by atoms with Crippen LogP contribution in [0.25, 0.3) is 32.6 Å². The summed E-state index contributed by atoms with van der Waals surface area (Å²) >= 11 is 0. The number of nitrogens with zero attached hydrogens (tertiary/aromatic N) is 6. The zero-order chi connectivity index (χ0) is 39.3. The van der Waals surface area contributed by atoms with Crippen molar-refractivity contribution in [2.24, 2.45) is 23.7 Å². The Kier molecular flexibility index (Phi) is 10.0. The van der Waals surface area contributed by atoms with Gasteiger partial charge in [0.1, 0.15) is 23.7 Å². The standard InChI is InChI=1S/C48H54N6O4/c1-5-29-27-53-21-17-31(29)23-43(53)45(35-15-19-49-41-13-11-33(55-3)25-39(35)41)57-47-37-9-7-8-10-38(37)48(52-51-47)58-46(44-24-32-18-22-54(44)28-30(32)6-2)36-16-20-50-42-14-12-34(56-4)26-40(36)42/h7-16,19-20,25-26,29-32,43-46H,5-6,17-18,21-24,27-28H2,1-4H3/t29-,30-,31+,32?,43+,44-,45-,46-/m0/s1. The van der Waals surface area contributed by atoms with Crippen molar-refractivity contribution >= 4 is 32.6 Å². The Morgan fingerprint density at radius 3 is 1.47 bits per heavy atom. The van der Waals surface area contributed by atoms with Gasteiger partial charge in [0.2, 0.25) is 11.8 Å². The Morgan fingerprint density at radius 2 is 1.07 bits per heavy atom. The highest BCUT2D eigenvalue weighted by atomic mass is 16.5. The molecule has 0 spiro atoms. The molecule has 300 valence electrons. The van der Waals surface area contributed by atoms with E-state index in [-0.39, 0.29) is 24.3 Å². The van der Waals surface area contributed by atoms with Gasteiger partial charge >= 0.3 is 0 Å². The molecule has 3 aromatic carbocycles. The van der Waals surface area contributed by atoms with Crippen LogP contribution in [0.4, 0.5) is 0 Å². The predicted octanol–water partition coefficient (Wildman–Crippen LogP) is 9.22. The Hall–Kier alpha value is -5.06. The molecular weight excluding hydrogens is 725 g/mol. The summed E-state index contributed by atoms with van der Waals surface area (Å²) in [5.74, 6) is 5.39. The molecule has 10 heteroatoms. The van der Waals surface area contributed by atoms with Gasteiger partial charge < -0.3 is 18.9 Å². The molecule has 6 aliphatic rings. The molecule has 6 aromatic rings. The van der Waals surface area contributed by atoms with E-state index in [4.69, 9.17) is 39.1 Å². The molecule has 12 rings (SSSR count). The highest BCUT2D eigenvalue weighted by Gasteiger charge is 2.46. The van der Waals surface area contributed by atoms with E-state index in [1.54, 1.807) is 14.2 Å². The third-order valence-corrected chi connectivity index (χ3v) is 14.3. The summed E-state index contributed by atoms with van der Waals surface area (Å²) in [6, 6.07) is 25.1. The molecule has 4 bridgehead atoms. The number of piperidine rings is 6. The van der Waals surface area contributed by atoms with Crippen molar-refractivity contribution in [3.63, 3.8) is 0 Å². The van der Waals surface area contributed by atoms with Gasteiger partial charge in [-0.25, -0.2) is 0 Å². The van der Waals surface area contributed by atoms with Gasteiger partial charge in [0.15, 0.2) is 0 Å². The fraction of sp³-hybridized carbons (Fsp3) is 0.458. The van der Waals surface area contributed by atoms with Gasteiger partial charge in [-0.1, -0.05) is 38.8 Å². The van der Waals surface area contributed by atoms with Crippen LogP contribution in [0.1, 0.15) is 75.7 Å². The molecule has 10 atom stereocenters. The van der Waals surface area contributed by atoms with Crippen molar-refractivity contribution in [1.82, 2.24) is 30.0 Å². The fourth-order valence-corrected chi connectivity index (χ4v) is 11.1. The highest BCUT2D eigenvalue weighted by Crippen LogP contribution is 2.47. The fourth-order valence-electron chi connectivity index (χ4n) is 11.1. The van der Waals surface area contributed by atoms with Gasteiger partial charge in [-0.2, -0.15) is 0 Å². The number of fused-ring (bicyclic) bond motifs is 9. The quantitative estimate of drug-likeness (QED) is 0.120. The van der Waals surface area contributed by atoms with Crippen molar-refractivity contribution in [2.45, 2.75) is 76.7 Å². The average molecular weight is 779 g/mol. The number of methoxy groups -OCH3 is 2. The molecule has 0 radical (unpaired) electrons. The summed E-state index contributed by atoms with van der Waals surface area (Å²) in [4.78, 5) is 14.8. The zero-order valence-electron chi connectivity index (χ0n) is 34.1. The molecule has 6 fully saturated rings. The van der Waals surface area contributed by atoms with Crippen LogP contribution in [-0.2, 0) is 0 Å². The Bertz CT molecular complexity index is 2280. The molecule has 0 aliphatic carbocycles. The molecule has 58 heavy (non-hydrogen) atoms. The van der Waals surface area contributed by atoms with E-state index < -0.39 is 0 Å². The van der Waals surface area contributed by atoms with E-state index in [1.807, 2.05) is 36.7 Å². The summed E-state index contributed by atoms with van der Waals surface area (Å²) in [5, 5.41) is 13.7. The van der Waals surface area contributed by atoms with Gasteiger partial charge in [-0.3, -0.25) is 19.8 Å². The first-order valence-electron chi connectivity index (χ1n) is 21.5. The first kappa shape index (κ1) is 37.2. The molecule has 3 aromatic heterocycles. The number of pyridine rings is 2. The van der Waals surface area contributed by atoms with E-state index in [1.165, 1.54) is 25.7 Å². The number of rotatable bonds is 12. The molecule has 0 amide bonds. The van der Waals surface area contributed by atoms with Crippen molar-refractivity contribution in [1.29, 1.82) is 0 Å². The monoisotopic (exact) mass is 778 g/mol. The molecule has 6 aliphatic heterocycles. The lowest BCUT2D eigenvalue weighted by atomic mass is 9.72. The third kappa shape index (κ3) is 6.58. The first-order valence-corrected chi connectivity index (χ1v) is 21.5. The maximum Gasteiger partial charge on any atom is 0.242 e. The molecule has 9 heterocycles. The molecule has 10 nitrogen and oxygen atoms in total. The lowest BCUT2D eigenvalue weighted by Gasteiger charge is -2.52. The van der Waals surface area contributed by atoms with Gasteiger partial charge in [-0.05, 0) is 123 Å². The van der Waals surface area contributed by atoms with E-state index in [2.05, 4.69) is 72.2 Å². The number of hydrogen-bond acceptors (Lipinski definition) is 10. The second-order valence-corrected chi connectivity index (χ2v) is 17.0. The SMILES string of the molecule is CC[C@H]1CN2CCC1C[C@H]2[C@@H](Oc1nnc(O[C@@H](c2ccnc3ccc(OC)cc23)[C@H]2C[C@H]3CCN2C[C@@H]3CC)c2ccccc12)c1ccnc2ccc(OC)cc12. The van der Waals surface area contributed by atoms with Crippen LogP contribution in [0.2, 0.25) is 0 Å². The minimum atomic E-state index is -0.300. The summed E-state index contributed by atoms with van der Waals surface area (Å²) < 4.78 is 26.0. The molecule has 6 saturated heterocycles. The maximum atomic E-state index is 7.30. The number of benzene rings is 3. The van der Waals surface area contributed by atoms with E-state index in [0.717, 1.165) is 94.2 Å². The lowest BCUT2D eigenvalue weighted by molar-refractivity contribution is -0.0505. The van der Waals surface area contributed by atoms with Crippen molar-refractivity contribution in [3.8, 4) is 23.3 Å². The minimum Gasteiger partial charge on any atom is -0.497 e. The summed E-state index contributed by atoms with van der Waals surface area (Å²) in [7, 11) is 3.42. The smallest absolute Gasteiger partial charge is 0.242 e. The number of aromatic nitrogens is 4. The third-order valence-electron chi connectivity index (χ3n) is 14.3. The van der Waals surface area contributed by atoms with Crippen LogP contribution in [0.3, 0.4) is 0 Å². The van der Waals surface area contributed by atoms with Crippen molar-refractivity contribution in [2.75, 3.05) is 40.4 Å². The summed E-state index contributed by atoms with van der Waals surface area (Å²) in [6.45, 7) is 9.00. The van der Waals surface area contributed by atoms with E-state index in [0.29, 0.717) is 35.4 Å². The number of ether oxygens (including phenoxy) is 4. The molecule has 0 N–H and O–H groups in total. The van der Waals surface area contributed by atoms with Crippen LogP contribution in [0.5, 0.6) is 23.3 Å². The van der Waals surface area contributed by atoms with Gasteiger partial charge in [0, 0.05) is 47.4 Å². The van der Waals surface area contributed by atoms with Gasteiger partial charge in [0.25, 0.3) is 0 Å². The topological polar surface area (TPSA) is 95.0 Å². The molecule has 3 unspecified atom stereocenters. The largest absolute Gasteiger partial charge is 0.497 e. The van der Waals surface area contributed by atoms with Crippen LogP contribution < -0.4 is 18.9 Å². The van der Waals surface area contributed by atoms with Crippen LogP contribution in [0.15, 0.2) is 85.2 Å². The van der Waals surface area contributed by atoms with Gasteiger partial charge in [-0.15, -0.1) is 10.2 Å². The number of hydrogen-bond donors (Lipinski definition) is 0. The van der Waals surface area contributed by atoms with Gasteiger partial charge in [0.05, 0.1) is 48.1 Å². The van der Waals surface area contributed by atoms with Crippen molar-refractivity contribution in [3.05, 3.63) is 96.3 Å². The summed E-state index contributed by atoms with van der Waals surface area (Å²) in [6.07, 6.45) is 10.2. The van der Waals surface area contributed by atoms with E-state index >= 15 is 0 Å².